The number of nitrogens with zero attached hydrogens (tertiary/aromatic N) is 3. The third-order valence-corrected chi connectivity index (χ3v) is 2.14. The zero-order valence-electron chi connectivity index (χ0n) is 9.84. The van der Waals surface area contributed by atoms with E-state index in [1.807, 2.05) is 37.3 Å². The van der Waals surface area contributed by atoms with Crippen molar-refractivity contribution in [3.05, 3.63) is 30.3 Å². The summed E-state index contributed by atoms with van der Waals surface area (Å²) in [6.07, 6.45) is 0. The Morgan fingerprint density at radius 1 is 1.12 bits per heavy atom. The molecule has 0 unspecified atom stereocenters. The first-order chi connectivity index (χ1) is 8.33. The minimum absolute atomic E-state index is 0.339. The molecule has 88 valence electrons. The van der Waals surface area contributed by atoms with Crippen LogP contribution in [0.25, 0.3) is 11.4 Å². The number of benzene rings is 1. The van der Waals surface area contributed by atoms with Crippen molar-refractivity contribution in [2.45, 2.75) is 6.92 Å². The van der Waals surface area contributed by atoms with E-state index in [1.54, 1.807) is 7.05 Å². The van der Waals surface area contributed by atoms with E-state index in [2.05, 4.69) is 20.3 Å². The van der Waals surface area contributed by atoms with E-state index in [-0.39, 0.29) is 0 Å². The summed E-state index contributed by atoms with van der Waals surface area (Å²) in [7, 11) is 1.76. The van der Waals surface area contributed by atoms with Crippen LogP contribution in [0.3, 0.4) is 0 Å². The molecule has 1 aromatic carbocycles. The molecule has 1 N–H and O–H groups in total. The number of hydrogen-bond acceptors (Lipinski definition) is 5. The van der Waals surface area contributed by atoms with Gasteiger partial charge in [-0.3, -0.25) is 0 Å². The largest absolute Gasteiger partial charge is 0.464 e. The van der Waals surface area contributed by atoms with Crippen LogP contribution in [0.5, 0.6) is 6.01 Å². The Hall–Kier alpha value is -2.17. The SMILES string of the molecule is CCOc1nc(NC)nc(-c2ccccc2)n1. The quantitative estimate of drug-likeness (QED) is 0.870. The first-order valence-corrected chi connectivity index (χ1v) is 5.45. The van der Waals surface area contributed by atoms with Crippen LogP contribution in [-0.2, 0) is 0 Å². The highest BCUT2D eigenvalue weighted by Crippen LogP contribution is 2.17. The Bertz CT molecular complexity index is 487. The van der Waals surface area contributed by atoms with Crippen LogP contribution in [0.1, 0.15) is 6.92 Å². The highest BCUT2D eigenvalue weighted by Gasteiger charge is 2.07. The van der Waals surface area contributed by atoms with Crippen LogP contribution in [0.2, 0.25) is 0 Å². The van der Waals surface area contributed by atoms with Gasteiger partial charge in [0.25, 0.3) is 0 Å². The van der Waals surface area contributed by atoms with E-state index in [9.17, 15) is 0 Å². The summed E-state index contributed by atoms with van der Waals surface area (Å²) < 4.78 is 5.31. The summed E-state index contributed by atoms with van der Waals surface area (Å²) in [6, 6.07) is 10.1. The number of nitrogens with one attached hydrogen (secondary N) is 1. The van der Waals surface area contributed by atoms with Crippen LogP contribution in [0, 0.1) is 0 Å². The minimum Gasteiger partial charge on any atom is -0.464 e. The van der Waals surface area contributed by atoms with Crippen molar-refractivity contribution in [3.63, 3.8) is 0 Å². The van der Waals surface area contributed by atoms with E-state index in [4.69, 9.17) is 4.74 Å². The van der Waals surface area contributed by atoms with Gasteiger partial charge in [0.2, 0.25) is 5.95 Å². The van der Waals surface area contributed by atoms with E-state index in [0.29, 0.717) is 24.4 Å². The van der Waals surface area contributed by atoms with Gasteiger partial charge in [-0.25, -0.2) is 0 Å². The fourth-order valence-electron chi connectivity index (χ4n) is 1.38. The molecule has 0 saturated carbocycles. The number of rotatable bonds is 4. The Morgan fingerprint density at radius 2 is 1.88 bits per heavy atom. The summed E-state index contributed by atoms with van der Waals surface area (Å²) >= 11 is 0. The van der Waals surface area contributed by atoms with Gasteiger partial charge in [0.15, 0.2) is 5.82 Å². The lowest BCUT2D eigenvalue weighted by molar-refractivity contribution is 0.312. The molecule has 0 atom stereocenters. The van der Waals surface area contributed by atoms with Crippen LogP contribution < -0.4 is 10.1 Å². The average molecular weight is 230 g/mol. The highest BCUT2D eigenvalue weighted by molar-refractivity contribution is 5.56. The molecule has 0 amide bonds. The molecule has 0 saturated heterocycles. The summed E-state index contributed by atoms with van der Waals surface area (Å²) in [4.78, 5) is 12.7. The van der Waals surface area contributed by atoms with Gasteiger partial charge in [-0.1, -0.05) is 30.3 Å². The summed E-state index contributed by atoms with van der Waals surface area (Å²) in [5.41, 5.74) is 0.937. The second kappa shape index (κ2) is 5.25. The van der Waals surface area contributed by atoms with E-state index < -0.39 is 0 Å². The molecule has 5 heteroatoms. The molecule has 0 spiro atoms. The normalized spacial score (nSPS) is 10.0. The molecule has 0 aliphatic carbocycles. The first kappa shape index (κ1) is 11.3. The average Bonchev–Trinajstić information content (AvgIpc) is 2.40. The molecule has 0 aliphatic heterocycles. The maximum Gasteiger partial charge on any atom is 0.321 e. The zero-order chi connectivity index (χ0) is 12.1. The standard InChI is InChI=1S/C12H14N4O/c1-3-17-12-15-10(14-11(13-2)16-12)9-7-5-4-6-8-9/h4-8H,3H2,1-2H3,(H,13,14,15,16). The number of hydrogen-bond donors (Lipinski definition) is 1. The number of ether oxygens (including phenoxy) is 1. The lowest BCUT2D eigenvalue weighted by Crippen LogP contribution is -2.05. The molecular weight excluding hydrogens is 216 g/mol. The Balaban J connectivity index is 2.43. The van der Waals surface area contributed by atoms with Crippen molar-refractivity contribution in [2.75, 3.05) is 19.0 Å². The maximum atomic E-state index is 5.31. The Kier molecular flexibility index (Phi) is 3.49. The Labute approximate surface area is 99.9 Å². The summed E-state index contributed by atoms with van der Waals surface area (Å²) in [5.74, 6) is 1.11. The minimum atomic E-state index is 0.339. The van der Waals surface area contributed by atoms with Crippen molar-refractivity contribution in [1.82, 2.24) is 15.0 Å². The third-order valence-electron chi connectivity index (χ3n) is 2.14. The fourth-order valence-corrected chi connectivity index (χ4v) is 1.38. The van der Waals surface area contributed by atoms with Gasteiger partial charge < -0.3 is 10.1 Å². The van der Waals surface area contributed by atoms with Gasteiger partial charge in [0.05, 0.1) is 6.61 Å². The second-order valence-corrected chi connectivity index (χ2v) is 3.31. The summed E-state index contributed by atoms with van der Waals surface area (Å²) in [5, 5.41) is 2.89. The van der Waals surface area contributed by atoms with Crippen molar-refractivity contribution >= 4 is 5.95 Å². The van der Waals surface area contributed by atoms with Crippen molar-refractivity contribution in [2.24, 2.45) is 0 Å². The van der Waals surface area contributed by atoms with Crippen LogP contribution in [-0.4, -0.2) is 28.6 Å². The van der Waals surface area contributed by atoms with E-state index in [1.165, 1.54) is 0 Å². The first-order valence-electron chi connectivity index (χ1n) is 5.45. The molecule has 2 rings (SSSR count). The molecule has 0 aliphatic rings. The molecular formula is C12H14N4O. The monoisotopic (exact) mass is 230 g/mol. The van der Waals surface area contributed by atoms with Gasteiger partial charge in [-0.05, 0) is 6.92 Å². The van der Waals surface area contributed by atoms with E-state index >= 15 is 0 Å². The van der Waals surface area contributed by atoms with Crippen molar-refractivity contribution in [3.8, 4) is 17.4 Å². The summed E-state index contributed by atoms with van der Waals surface area (Å²) in [6.45, 7) is 2.42. The maximum absolute atomic E-state index is 5.31. The topological polar surface area (TPSA) is 59.9 Å². The van der Waals surface area contributed by atoms with Crippen molar-refractivity contribution < 1.29 is 4.74 Å². The molecule has 5 nitrogen and oxygen atoms in total. The number of anilines is 1. The van der Waals surface area contributed by atoms with Crippen molar-refractivity contribution in [1.29, 1.82) is 0 Å². The molecule has 0 radical (unpaired) electrons. The second-order valence-electron chi connectivity index (χ2n) is 3.31. The van der Waals surface area contributed by atoms with E-state index in [0.717, 1.165) is 5.56 Å². The van der Waals surface area contributed by atoms with Gasteiger partial charge in [-0.2, -0.15) is 15.0 Å². The van der Waals surface area contributed by atoms with Crippen LogP contribution >= 0.6 is 0 Å². The smallest absolute Gasteiger partial charge is 0.321 e. The number of aromatic nitrogens is 3. The van der Waals surface area contributed by atoms with Gasteiger partial charge >= 0.3 is 6.01 Å². The van der Waals surface area contributed by atoms with Crippen LogP contribution in [0.15, 0.2) is 30.3 Å². The third kappa shape index (κ3) is 2.69. The lowest BCUT2D eigenvalue weighted by Gasteiger charge is -2.06. The highest BCUT2D eigenvalue weighted by atomic mass is 16.5. The molecule has 2 aromatic rings. The predicted octanol–water partition coefficient (Wildman–Crippen LogP) is 1.98. The molecule has 1 aromatic heterocycles. The predicted molar refractivity (Wildman–Crippen MR) is 66.0 cm³/mol. The fraction of sp³-hybridized carbons (Fsp3) is 0.250. The Morgan fingerprint density at radius 3 is 2.53 bits per heavy atom. The molecule has 17 heavy (non-hydrogen) atoms. The van der Waals surface area contributed by atoms with Crippen LogP contribution in [0.4, 0.5) is 5.95 Å². The van der Waals surface area contributed by atoms with Gasteiger partial charge in [0, 0.05) is 12.6 Å². The molecule has 1 heterocycles. The van der Waals surface area contributed by atoms with Gasteiger partial charge in [0.1, 0.15) is 0 Å². The molecule has 0 fully saturated rings. The lowest BCUT2D eigenvalue weighted by atomic mass is 10.2. The zero-order valence-corrected chi connectivity index (χ0v) is 9.84. The van der Waals surface area contributed by atoms with Gasteiger partial charge in [-0.15, -0.1) is 0 Å². The molecule has 0 bridgehead atoms.